The Bertz CT molecular complexity index is 1200. The van der Waals surface area contributed by atoms with Gasteiger partial charge in [0.25, 0.3) is 5.56 Å². The van der Waals surface area contributed by atoms with E-state index in [9.17, 15) is 9.90 Å². The van der Waals surface area contributed by atoms with Crippen molar-refractivity contribution in [3.63, 3.8) is 0 Å². The number of aromatic amines is 1. The number of H-pyrrole nitrogens is 1. The number of aliphatic hydroxyl groups excluding tert-OH is 1. The van der Waals surface area contributed by atoms with Gasteiger partial charge in [-0.3, -0.25) is 4.79 Å². The summed E-state index contributed by atoms with van der Waals surface area (Å²) in [4.78, 5) is 15.4. The summed E-state index contributed by atoms with van der Waals surface area (Å²) in [6, 6.07) is 12.5. The predicted octanol–water partition coefficient (Wildman–Crippen LogP) is 4.78. The van der Waals surface area contributed by atoms with E-state index in [0.29, 0.717) is 0 Å². The average molecular weight is 361 g/mol. The minimum atomic E-state index is -0.0457. The second-order valence-corrected chi connectivity index (χ2v) is 7.90. The molecule has 0 atom stereocenters. The number of nitrogens with one attached hydrogen (secondary N) is 1. The van der Waals surface area contributed by atoms with Crippen LogP contribution < -0.4 is 5.56 Å². The zero-order chi connectivity index (χ0) is 17.7. The molecule has 2 N–H and O–H groups in total. The van der Waals surface area contributed by atoms with Crippen LogP contribution in [0.25, 0.3) is 32.1 Å². The zero-order valence-corrected chi connectivity index (χ0v) is 15.2. The topological polar surface area (TPSA) is 53.1 Å². The van der Waals surface area contributed by atoms with Crippen LogP contribution in [0.3, 0.4) is 0 Å². The third-order valence-electron chi connectivity index (χ3n) is 5.49. The normalized spacial score (nSPS) is 14.0. The number of aromatic nitrogens is 1. The average Bonchev–Trinajstić information content (AvgIpc) is 3.17. The van der Waals surface area contributed by atoms with Crippen molar-refractivity contribution in [2.45, 2.75) is 32.3 Å². The fraction of sp³-hybridized carbons (Fsp3) is 0.227. The molecular weight excluding hydrogens is 342 g/mol. The van der Waals surface area contributed by atoms with Crippen LogP contribution in [0.4, 0.5) is 0 Å². The van der Waals surface area contributed by atoms with Gasteiger partial charge in [0.15, 0.2) is 0 Å². The number of benzene rings is 2. The van der Waals surface area contributed by atoms with Gasteiger partial charge < -0.3 is 10.1 Å². The number of thiophene rings is 1. The van der Waals surface area contributed by atoms with Gasteiger partial charge in [0, 0.05) is 16.3 Å². The number of aliphatic hydroxyl groups is 1. The number of fused-ring (bicyclic) bond motifs is 4. The van der Waals surface area contributed by atoms with Crippen molar-refractivity contribution < 1.29 is 5.11 Å². The Balaban J connectivity index is 1.89. The molecule has 0 amide bonds. The summed E-state index contributed by atoms with van der Waals surface area (Å²) in [5.41, 5.74) is 6.70. The number of hydrogen-bond acceptors (Lipinski definition) is 3. The Labute approximate surface area is 154 Å². The highest BCUT2D eigenvalue weighted by atomic mass is 32.1. The number of rotatable bonds is 2. The smallest absolute Gasteiger partial charge is 0.266 e. The fourth-order valence-electron chi connectivity index (χ4n) is 4.24. The molecule has 0 radical (unpaired) electrons. The molecule has 1 aliphatic rings. The second kappa shape index (κ2) is 6.08. The summed E-state index contributed by atoms with van der Waals surface area (Å²) < 4.78 is 0.742. The molecule has 130 valence electrons. The lowest BCUT2D eigenvalue weighted by atomic mass is 9.87. The van der Waals surface area contributed by atoms with Crippen molar-refractivity contribution >= 4 is 32.3 Å². The molecule has 2 aromatic carbocycles. The predicted molar refractivity (Wildman–Crippen MR) is 108 cm³/mol. The Morgan fingerprint density at radius 3 is 2.73 bits per heavy atom. The van der Waals surface area contributed by atoms with Crippen LogP contribution in [0, 0.1) is 0 Å². The van der Waals surface area contributed by atoms with Crippen molar-refractivity contribution in [3.8, 4) is 11.1 Å². The first-order valence-electron chi connectivity index (χ1n) is 9.04. The van der Waals surface area contributed by atoms with E-state index >= 15 is 0 Å². The molecule has 0 unspecified atom stereocenters. The number of hydrogen-bond donors (Lipinski definition) is 2. The highest BCUT2D eigenvalue weighted by Gasteiger charge is 2.17. The molecule has 4 aromatic rings. The van der Waals surface area contributed by atoms with Crippen LogP contribution in [0.1, 0.15) is 29.5 Å². The van der Waals surface area contributed by atoms with Gasteiger partial charge in [-0.05, 0) is 71.0 Å². The van der Waals surface area contributed by atoms with Gasteiger partial charge in [0.05, 0.1) is 6.61 Å². The van der Waals surface area contributed by atoms with Gasteiger partial charge >= 0.3 is 0 Å². The summed E-state index contributed by atoms with van der Waals surface area (Å²) in [7, 11) is 0. The van der Waals surface area contributed by atoms with E-state index in [2.05, 4.69) is 23.2 Å². The molecule has 4 heteroatoms. The summed E-state index contributed by atoms with van der Waals surface area (Å²) in [6.07, 6.45) is 4.77. The fourth-order valence-corrected chi connectivity index (χ4v) is 5.04. The summed E-state index contributed by atoms with van der Waals surface area (Å²) in [5.74, 6) is 0. The van der Waals surface area contributed by atoms with Gasteiger partial charge in [-0.2, -0.15) is 0 Å². The van der Waals surface area contributed by atoms with Crippen LogP contribution in [0.2, 0.25) is 0 Å². The van der Waals surface area contributed by atoms with Crippen molar-refractivity contribution in [2.75, 3.05) is 0 Å². The van der Waals surface area contributed by atoms with Crippen LogP contribution >= 0.6 is 11.3 Å². The number of pyridine rings is 1. The summed E-state index contributed by atoms with van der Waals surface area (Å²) >= 11 is 1.46. The third kappa shape index (κ3) is 2.33. The molecule has 2 aromatic heterocycles. The highest BCUT2D eigenvalue weighted by molar-refractivity contribution is 7.17. The van der Waals surface area contributed by atoms with E-state index in [0.717, 1.165) is 50.5 Å². The van der Waals surface area contributed by atoms with Crippen molar-refractivity contribution in [1.82, 2.24) is 4.98 Å². The largest absolute Gasteiger partial charge is 0.392 e. The maximum absolute atomic E-state index is 12.4. The van der Waals surface area contributed by atoms with E-state index in [-0.39, 0.29) is 12.2 Å². The molecular formula is C22H19NO2S. The van der Waals surface area contributed by atoms with Crippen molar-refractivity contribution in [3.05, 3.63) is 68.8 Å². The Morgan fingerprint density at radius 2 is 1.88 bits per heavy atom. The van der Waals surface area contributed by atoms with E-state index in [4.69, 9.17) is 0 Å². The van der Waals surface area contributed by atoms with Gasteiger partial charge in [-0.1, -0.05) is 24.3 Å². The highest BCUT2D eigenvalue weighted by Crippen LogP contribution is 2.38. The number of aryl methyl sites for hydroxylation is 2. The molecule has 1 aliphatic carbocycles. The molecule has 0 bridgehead atoms. The Morgan fingerprint density at radius 1 is 1.04 bits per heavy atom. The molecule has 0 saturated carbocycles. The lowest BCUT2D eigenvalue weighted by Crippen LogP contribution is -2.06. The van der Waals surface area contributed by atoms with Crippen LogP contribution in [0.15, 0.2) is 46.6 Å². The second-order valence-electron chi connectivity index (χ2n) is 6.99. The lowest BCUT2D eigenvalue weighted by Gasteiger charge is -2.19. The Hall–Kier alpha value is -2.43. The monoisotopic (exact) mass is 361 g/mol. The van der Waals surface area contributed by atoms with Crippen molar-refractivity contribution in [2.24, 2.45) is 0 Å². The minimum Gasteiger partial charge on any atom is -0.392 e. The molecule has 5 rings (SSSR count). The van der Waals surface area contributed by atoms with Gasteiger partial charge in [0.2, 0.25) is 0 Å². The van der Waals surface area contributed by atoms with E-state index in [1.807, 2.05) is 23.6 Å². The van der Waals surface area contributed by atoms with Crippen molar-refractivity contribution in [1.29, 1.82) is 0 Å². The van der Waals surface area contributed by atoms with Crippen LogP contribution in [0.5, 0.6) is 0 Å². The first-order valence-corrected chi connectivity index (χ1v) is 9.92. The zero-order valence-electron chi connectivity index (χ0n) is 14.3. The maximum Gasteiger partial charge on any atom is 0.266 e. The molecule has 26 heavy (non-hydrogen) atoms. The van der Waals surface area contributed by atoms with Gasteiger partial charge in [0.1, 0.15) is 4.70 Å². The SMILES string of the molecule is O=c1[nH]c2ccc(CO)c(-c3ccc4c(c3)CCCC4)c2c2ccsc12. The lowest BCUT2D eigenvalue weighted by molar-refractivity contribution is 0.282. The molecule has 0 aliphatic heterocycles. The molecule has 0 fully saturated rings. The van der Waals surface area contributed by atoms with Crippen LogP contribution in [-0.2, 0) is 19.4 Å². The maximum atomic E-state index is 12.4. The molecule has 3 nitrogen and oxygen atoms in total. The standard InChI is InChI=1S/C22H19NO2S/c24-12-16-7-8-18-20(17-9-10-26-21(17)22(25)23-18)19(16)15-6-5-13-3-1-2-4-14(13)11-15/h5-11,24H,1-4,12H2,(H,23,25). The van der Waals surface area contributed by atoms with E-state index in [1.165, 1.54) is 35.3 Å². The van der Waals surface area contributed by atoms with Gasteiger partial charge in [-0.25, -0.2) is 0 Å². The molecule has 0 spiro atoms. The first kappa shape index (κ1) is 15.8. The quantitative estimate of drug-likeness (QED) is 0.540. The Kier molecular flexibility index (Phi) is 3.69. The summed E-state index contributed by atoms with van der Waals surface area (Å²) in [6.45, 7) is -0.0207. The third-order valence-corrected chi connectivity index (χ3v) is 6.40. The summed E-state index contributed by atoms with van der Waals surface area (Å²) in [5, 5.41) is 13.9. The minimum absolute atomic E-state index is 0.0207. The molecule has 2 heterocycles. The van der Waals surface area contributed by atoms with E-state index < -0.39 is 0 Å². The first-order chi connectivity index (χ1) is 12.8. The molecule has 0 saturated heterocycles. The van der Waals surface area contributed by atoms with Gasteiger partial charge in [-0.15, -0.1) is 11.3 Å². The van der Waals surface area contributed by atoms with Crippen LogP contribution in [-0.4, -0.2) is 10.1 Å². The van der Waals surface area contributed by atoms with E-state index in [1.54, 1.807) is 0 Å².